The van der Waals surface area contributed by atoms with Crippen molar-refractivity contribution in [1.82, 2.24) is 4.90 Å². The maximum absolute atomic E-state index is 13.2. The van der Waals surface area contributed by atoms with Gasteiger partial charge in [0.05, 0.1) is 10.6 Å². The van der Waals surface area contributed by atoms with Gasteiger partial charge in [-0.05, 0) is 67.5 Å². The minimum Gasteiger partial charge on any atom is -0.339 e. The molecular formula is C26H28N2O3S. The van der Waals surface area contributed by atoms with Crippen LogP contribution >= 0.6 is 0 Å². The van der Waals surface area contributed by atoms with Gasteiger partial charge in [-0.15, -0.1) is 0 Å². The second kappa shape index (κ2) is 9.57. The summed E-state index contributed by atoms with van der Waals surface area (Å²) in [7, 11) is -3.72. The first kappa shape index (κ1) is 22.1. The van der Waals surface area contributed by atoms with Gasteiger partial charge in [0.1, 0.15) is 0 Å². The first-order valence-electron chi connectivity index (χ1n) is 10.9. The van der Waals surface area contributed by atoms with E-state index in [1.807, 2.05) is 11.0 Å². The average Bonchev–Trinajstić information content (AvgIpc) is 2.82. The Labute approximate surface area is 190 Å². The van der Waals surface area contributed by atoms with Crippen molar-refractivity contribution in [3.05, 3.63) is 95.6 Å². The molecule has 3 aromatic carbocycles. The molecule has 0 aromatic heterocycles. The number of nitrogens with one attached hydrogen (secondary N) is 1. The van der Waals surface area contributed by atoms with Crippen molar-refractivity contribution in [1.29, 1.82) is 0 Å². The molecule has 1 heterocycles. The van der Waals surface area contributed by atoms with E-state index in [0.717, 1.165) is 32.4 Å². The maximum Gasteiger partial charge on any atom is 0.261 e. The summed E-state index contributed by atoms with van der Waals surface area (Å²) in [5.41, 5.74) is 2.95. The van der Waals surface area contributed by atoms with Crippen molar-refractivity contribution in [3.8, 4) is 0 Å². The van der Waals surface area contributed by atoms with Gasteiger partial charge in [0.15, 0.2) is 0 Å². The summed E-state index contributed by atoms with van der Waals surface area (Å²) in [5.74, 6) is 0.535. The van der Waals surface area contributed by atoms with Crippen molar-refractivity contribution >= 4 is 21.6 Å². The first-order valence-corrected chi connectivity index (χ1v) is 12.4. The average molecular weight is 449 g/mol. The van der Waals surface area contributed by atoms with Gasteiger partial charge in [0, 0.05) is 18.7 Å². The van der Waals surface area contributed by atoms with Crippen molar-refractivity contribution < 1.29 is 13.2 Å². The predicted molar refractivity (Wildman–Crippen MR) is 127 cm³/mol. The number of likely N-dealkylation sites (tertiary alicyclic amines) is 1. The molecule has 1 aliphatic heterocycles. The number of hydrogen-bond donors (Lipinski definition) is 1. The molecule has 3 aromatic rings. The molecule has 1 N–H and O–H groups in total. The Morgan fingerprint density at radius 3 is 2.19 bits per heavy atom. The van der Waals surface area contributed by atoms with Gasteiger partial charge in [-0.25, -0.2) is 8.42 Å². The van der Waals surface area contributed by atoms with Crippen LogP contribution in [-0.4, -0.2) is 32.3 Å². The minimum atomic E-state index is -3.72. The second-order valence-corrected chi connectivity index (χ2v) is 10.0. The van der Waals surface area contributed by atoms with E-state index in [9.17, 15) is 13.2 Å². The quantitative estimate of drug-likeness (QED) is 0.584. The van der Waals surface area contributed by atoms with Crippen LogP contribution < -0.4 is 4.72 Å². The fourth-order valence-corrected chi connectivity index (χ4v) is 5.38. The summed E-state index contributed by atoms with van der Waals surface area (Å²) in [6.07, 6.45) is 2.98. The number of amides is 1. The summed E-state index contributed by atoms with van der Waals surface area (Å²) in [4.78, 5) is 15.3. The predicted octanol–water partition coefficient (Wildman–Crippen LogP) is 4.89. The third kappa shape index (κ3) is 5.02. The monoisotopic (exact) mass is 448 g/mol. The summed E-state index contributed by atoms with van der Waals surface area (Å²) in [5, 5.41) is 0. The van der Waals surface area contributed by atoms with E-state index >= 15 is 0 Å². The van der Waals surface area contributed by atoms with Crippen molar-refractivity contribution in [2.45, 2.75) is 31.1 Å². The highest BCUT2D eigenvalue weighted by Crippen LogP contribution is 2.26. The Morgan fingerprint density at radius 2 is 1.53 bits per heavy atom. The smallest absolute Gasteiger partial charge is 0.261 e. The molecule has 1 amide bonds. The Bertz CT molecular complexity index is 1170. The zero-order valence-electron chi connectivity index (χ0n) is 18.2. The van der Waals surface area contributed by atoms with Crippen LogP contribution in [0.3, 0.4) is 0 Å². The van der Waals surface area contributed by atoms with Gasteiger partial charge in [0.2, 0.25) is 0 Å². The van der Waals surface area contributed by atoms with E-state index in [4.69, 9.17) is 0 Å². The maximum atomic E-state index is 13.2. The number of rotatable bonds is 6. The Hall–Kier alpha value is -3.12. The van der Waals surface area contributed by atoms with E-state index in [1.165, 1.54) is 5.56 Å². The molecule has 166 valence electrons. The van der Waals surface area contributed by atoms with E-state index in [0.29, 0.717) is 22.7 Å². The fraction of sp³-hybridized carbons (Fsp3) is 0.269. The van der Waals surface area contributed by atoms with Gasteiger partial charge in [-0.2, -0.15) is 0 Å². The lowest BCUT2D eigenvalue weighted by molar-refractivity contribution is 0.0690. The normalized spacial score (nSPS) is 14.8. The second-order valence-electron chi connectivity index (χ2n) is 8.32. The topological polar surface area (TPSA) is 66.5 Å². The first-order chi connectivity index (χ1) is 15.4. The summed E-state index contributed by atoms with van der Waals surface area (Å²) < 4.78 is 28.1. The van der Waals surface area contributed by atoms with Crippen LogP contribution in [0.5, 0.6) is 0 Å². The van der Waals surface area contributed by atoms with Crippen LogP contribution in [-0.2, 0) is 16.4 Å². The third-order valence-corrected chi connectivity index (χ3v) is 7.51. The van der Waals surface area contributed by atoms with Gasteiger partial charge >= 0.3 is 0 Å². The molecule has 1 saturated heterocycles. The number of sulfonamides is 1. The van der Waals surface area contributed by atoms with E-state index < -0.39 is 10.0 Å². The van der Waals surface area contributed by atoms with Crippen LogP contribution in [0.4, 0.5) is 5.69 Å². The molecule has 0 saturated carbocycles. The van der Waals surface area contributed by atoms with E-state index in [-0.39, 0.29) is 10.8 Å². The lowest BCUT2D eigenvalue weighted by Crippen LogP contribution is -2.39. The fourth-order valence-electron chi connectivity index (χ4n) is 4.24. The number of benzene rings is 3. The lowest BCUT2D eigenvalue weighted by Gasteiger charge is -2.32. The minimum absolute atomic E-state index is 0.0404. The summed E-state index contributed by atoms with van der Waals surface area (Å²) >= 11 is 0. The molecule has 32 heavy (non-hydrogen) atoms. The van der Waals surface area contributed by atoms with Crippen molar-refractivity contribution in [2.24, 2.45) is 5.92 Å². The highest BCUT2D eigenvalue weighted by Gasteiger charge is 2.26. The molecule has 1 aliphatic rings. The molecule has 1 fully saturated rings. The Balaban J connectivity index is 1.44. The molecule has 0 spiro atoms. The zero-order valence-corrected chi connectivity index (χ0v) is 19.0. The molecule has 0 unspecified atom stereocenters. The zero-order chi connectivity index (χ0) is 22.6. The molecule has 5 nitrogen and oxygen atoms in total. The highest BCUT2D eigenvalue weighted by atomic mass is 32.2. The van der Waals surface area contributed by atoms with Crippen LogP contribution in [0.25, 0.3) is 0 Å². The van der Waals surface area contributed by atoms with Gasteiger partial charge in [-0.1, -0.05) is 54.6 Å². The van der Waals surface area contributed by atoms with E-state index in [1.54, 1.807) is 55.5 Å². The van der Waals surface area contributed by atoms with Crippen LogP contribution in [0, 0.1) is 12.8 Å². The standard InChI is InChI=1S/C26H28N2O3S/c1-20-24(13-8-14-25(20)27-32(30,31)23-11-6-3-7-12-23)26(29)28-17-15-22(16-18-28)19-21-9-4-2-5-10-21/h2-14,22,27H,15-19H2,1H3. The molecule has 0 aliphatic carbocycles. The third-order valence-electron chi connectivity index (χ3n) is 6.13. The molecule has 0 radical (unpaired) electrons. The van der Waals surface area contributed by atoms with E-state index in [2.05, 4.69) is 29.0 Å². The molecule has 4 rings (SSSR count). The van der Waals surface area contributed by atoms with Crippen LogP contribution in [0.2, 0.25) is 0 Å². The number of piperidine rings is 1. The number of carbonyl (C=O) groups excluding carboxylic acids is 1. The van der Waals surface area contributed by atoms with Gasteiger partial charge in [0.25, 0.3) is 15.9 Å². The van der Waals surface area contributed by atoms with Crippen LogP contribution in [0.15, 0.2) is 83.8 Å². The Morgan fingerprint density at radius 1 is 0.906 bits per heavy atom. The number of nitrogens with zero attached hydrogens (tertiary/aromatic N) is 1. The van der Waals surface area contributed by atoms with Crippen molar-refractivity contribution in [2.75, 3.05) is 17.8 Å². The number of hydrogen-bond acceptors (Lipinski definition) is 3. The lowest BCUT2D eigenvalue weighted by atomic mass is 9.90. The highest BCUT2D eigenvalue weighted by molar-refractivity contribution is 7.92. The van der Waals surface area contributed by atoms with Gasteiger partial charge in [-0.3, -0.25) is 9.52 Å². The summed E-state index contributed by atoms with van der Waals surface area (Å²) in [6, 6.07) is 23.9. The molecule has 6 heteroatoms. The molecular weight excluding hydrogens is 420 g/mol. The summed E-state index contributed by atoms with van der Waals surface area (Å²) in [6.45, 7) is 3.23. The number of anilines is 1. The van der Waals surface area contributed by atoms with Gasteiger partial charge < -0.3 is 4.90 Å². The number of carbonyl (C=O) groups is 1. The molecule has 0 bridgehead atoms. The Kier molecular flexibility index (Phi) is 6.61. The SMILES string of the molecule is Cc1c(NS(=O)(=O)c2ccccc2)cccc1C(=O)N1CCC(Cc2ccccc2)CC1. The van der Waals surface area contributed by atoms with Crippen LogP contribution in [0.1, 0.15) is 34.3 Å². The molecule has 0 atom stereocenters. The van der Waals surface area contributed by atoms with Crippen molar-refractivity contribution in [3.63, 3.8) is 0 Å². The largest absolute Gasteiger partial charge is 0.339 e.